The SMILES string of the molecule is CC(N)C1=Cc2cccc(OCCCCl)c2C1.CCC. The fraction of sp³-hybridized carbons (Fsp3) is 0.529. The van der Waals surface area contributed by atoms with Gasteiger partial charge in [-0.05, 0) is 37.0 Å². The molecule has 0 amide bonds. The minimum absolute atomic E-state index is 0.109. The van der Waals surface area contributed by atoms with E-state index in [4.69, 9.17) is 22.1 Å². The standard InChI is InChI=1S/C14H18ClNO.C3H8/c1-10(16)12-8-11-4-2-5-14(13(11)9-12)17-7-3-6-15;1-3-2/h2,4-5,8,10H,3,6-7,9,16H2,1H3;3H2,1-2H3. The van der Waals surface area contributed by atoms with Crippen LogP contribution in [0.4, 0.5) is 0 Å². The molecule has 1 aliphatic rings. The van der Waals surface area contributed by atoms with E-state index in [2.05, 4.69) is 26.0 Å². The Bertz CT molecular complexity index is 441. The number of alkyl halides is 1. The highest BCUT2D eigenvalue weighted by Gasteiger charge is 2.18. The Morgan fingerprint density at radius 3 is 2.65 bits per heavy atom. The first-order valence-electron chi connectivity index (χ1n) is 7.40. The number of halogens is 1. The van der Waals surface area contributed by atoms with Gasteiger partial charge in [-0.1, -0.05) is 38.5 Å². The summed E-state index contributed by atoms with van der Waals surface area (Å²) in [5.41, 5.74) is 9.69. The minimum Gasteiger partial charge on any atom is -0.493 e. The van der Waals surface area contributed by atoms with Crippen LogP contribution in [0.15, 0.2) is 23.8 Å². The van der Waals surface area contributed by atoms with Gasteiger partial charge in [0, 0.05) is 17.5 Å². The molecule has 2 rings (SSSR count). The van der Waals surface area contributed by atoms with Crippen LogP contribution in [0.3, 0.4) is 0 Å². The van der Waals surface area contributed by atoms with Gasteiger partial charge in [-0.25, -0.2) is 0 Å². The Balaban J connectivity index is 0.000000612. The van der Waals surface area contributed by atoms with Crippen LogP contribution in [0, 0.1) is 0 Å². The largest absolute Gasteiger partial charge is 0.493 e. The van der Waals surface area contributed by atoms with E-state index in [-0.39, 0.29) is 6.04 Å². The van der Waals surface area contributed by atoms with Crippen molar-refractivity contribution in [3.63, 3.8) is 0 Å². The lowest BCUT2D eigenvalue weighted by molar-refractivity contribution is 0.315. The van der Waals surface area contributed by atoms with E-state index in [0.717, 1.165) is 18.6 Å². The summed E-state index contributed by atoms with van der Waals surface area (Å²) in [6, 6.07) is 6.26. The van der Waals surface area contributed by atoms with Crippen LogP contribution in [0.5, 0.6) is 5.75 Å². The molecule has 20 heavy (non-hydrogen) atoms. The van der Waals surface area contributed by atoms with Crippen LogP contribution in [-0.2, 0) is 6.42 Å². The molecule has 0 heterocycles. The lowest BCUT2D eigenvalue weighted by Gasteiger charge is -2.11. The van der Waals surface area contributed by atoms with E-state index in [0.29, 0.717) is 12.5 Å². The number of hydrogen-bond acceptors (Lipinski definition) is 2. The van der Waals surface area contributed by atoms with Crippen molar-refractivity contribution in [2.75, 3.05) is 12.5 Å². The number of fused-ring (bicyclic) bond motifs is 1. The molecule has 1 aromatic carbocycles. The van der Waals surface area contributed by atoms with E-state index >= 15 is 0 Å². The van der Waals surface area contributed by atoms with Crippen molar-refractivity contribution >= 4 is 17.7 Å². The third-order valence-corrected chi connectivity index (χ3v) is 3.28. The van der Waals surface area contributed by atoms with Crippen molar-refractivity contribution in [2.24, 2.45) is 5.73 Å². The van der Waals surface area contributed by atoms with Crippen LogP contribution in [0.25, 0.3) is 6.08 Å². The summed E-state index contributed by atoms with van der Waals surface area (Å²) >= 11 is 5.64. The molecule has 112 valence electrons. The van der Waals surface area contributed by atoms with Crippen LogP contribution >= 0.6 is 11.6 Å². The molecule has 0 aromatic heterocycles. The predicted molar refractivity (Wildman–Crippen MR) is 88.6 cm³/mol. The summed E-state index contributed by atoms with van der Waals surface area (Å²) in [5, 5.41) is 0. The molecule has 0 bridgehead atoms. The third-order valence-electron chi connectivity index (χ3n) is 3.01. The van der Waals surface area contributed by atoms with E-state index in [1.165, 1.54) is 23.1 Å². The van der Waals surface area contributed by atoms with Gasteiger partial charge in [-0.3, -0.25) is 0 Å². The predicted octanol–water partition coefficient (Wildman–Crippen LogP) is 4.40. The van der Waals surface area contributed by atoms with Crippen LogP contribution in [0.2, 0.25) is 0 Å². The number of ether oxygens (including phenoxy) is 1. The Morgan fingerprint density at radius 2 is 2.05 bits per heavy atom. The topological polar surface area (TPSA) is 35.2 Å². The Hall–Kier alpha value is -0.990. The zero-order valence-corrected chi connectivity index (χ0v) is 13.5. The smallest absolute Gasteiger partial charge is 0.123 e. The van der Waals surface area contributed by atoms with Gasteiger partial charge in [0.05, 0.1) is 6.61 Å². The molecular formula is C17H26ClNO. The van der Waals surface area contributed by atoms with Crippen LogP contribution in [-0.4, -0.2) is 18.5 Å². The second kappa shape index (κ2) is 9.04. The van der Waals surface area contributed by atoms with Crippen LogP contribution in [0.1, 0.15) is 44.7 Å². The average molecular weight is 296 g/mol. The normalized spacial score (nSPS) is 13.9. The third kappa shape index (κ3) is 4.84. The van der Waals surface area contributed by atoms with Crippen molar-refractivity contribution in [2.45, 2.75) is 46.1 Å². The van der Waals surface area contributed by atoms with Gasteiger partial charge in [0.15, 0.2) is 0 Å². The highest BCUT2D eigenvalue weighted by atomic mass is 35.5. The fourth-order valence-electron chi connectivity index (χ4n) is 2.03. The van der Waals surface area contributed by atoms with Crippen molar-refractivity contribution in [3.05, 3.63) is 34.9 Å². The first kappa shape index (κ1) is 17.1. The molecule has 0 spiro atoms. The molecule has 0 radical (unpaired) electrons. The molecule has 1 atom stereocenters. The van der Waals surface area contributed by atoms with Gasteiger partial charge in [0.1, 0.15) is 5.75 Å². The highest BCUT2D eigenvalue weighted by molar-refractivity contribution is 6.17. The van der Waals surface area contributed by atoms with Gasteiger partial charge in [0.2, 0.25) is 0 Å². The average Bonchev–Trinajstić information content (AvgIpc) is 2.85. The van der Waals surface area contributed by atoms with E-state index in [1.807, 2.05) is 19.1 Å². The maximum absolute atomic E-state index is 5.92. The summed E-state index contributed by atoms with van der Waals surface area (Å²) in [6.07, 6.45) is 5.21. The highest BCUT2D eigenvalue weighted by Crippen LogP contribution is 2.33. The van der Waals surface area contributed by atoms with Crippen molar-refractivity contribution in [3.8, 4) is 5.75 Å². The zero-order valence-electron chi connectivity index (χ0n) is 12.8. The Labute approximate surface area is 128 Å². The lowest BCUT2D eigenvalue weighted by atomic mass is 10.1. The minimum atomic E-state index is 0.109. The lowest BCUT2D eigenvalue weighted by Crippen LogP contribution is -2.17. The van der Waals surface area contributed by atoms with Crippen molar-refractivity contribution in [1.82, 2.24) is 0 Å². The Kier molecular flexibility index (Phi) is 7.71. The van der Waals surface area contributed by atoms with E-state index in [1.54, 1.807) is 0 Å². The molecule has 1 aromatic rings. The summed E-state index contributed by atoms with van der Waals surface area (Å²) in [7, 11) is 0. The number of hydrogen-bond donors (Lipinski definition) is 1. The molecule has 1 unspecified atom stereocenters. The van der Waals surface area contributed by atoms with Gasteiger partial charge >= 0.3 is 0 Å². The zero-order chi connectivity index (χ0) is 15.0. The summed E-state index contributed by atoms with van der Waals surface area (Å²) in [5.74, 6) is 1.61. The molecular weight excluding hydrogens is 270 g/mol. The van der Waals surface area contributed by atoms with Crippen molar-refractivity contribution in [1.29, 1.82) is 0 Å². The first-order chi connectivity index (χ1) is 9.63. The second-order valence-electron chi connectivity index (χ2n) is 5.11. The Morgan fingerprint density at radius 1 is 1.35 bits per heavy atom. The van der Waals surface area contributed by atoms with Crippen molar-refractivity contribution < 1.29 is 4.74 Å². The molecule has 2 N–H and O–H groups in total. The molecule has 3 heteroatoms. The second-order valence-corrected chi connectivity index (χ2v) is 5.48. The number of benzene rings is 1. The van der Waals surface area contributed by atoms with Gasteiger partial charge in [-0.15, -0.1) is 11.6 Å². The molecule has 1 aliphatic carbocycles. The molecule has 0 saturated carbocycles. The number of rotatable bonds is 5. The van der Waals surface area contributed by atoms with Crippen LogP contribution < -0.4 is 10.5 Å². The maximum Gasteiger partial charge on any atom is 0.123 e. The first-order valence-corrected chi connectivity index (χ1v) is 7.94. The summed E-state index contributed by atoms with van der Waals surface area (Å²) < 4.78 is 5.76. The monoisotopic (exact) mass is 295 g/mol. The van der Waals surface area contributed by atoms with E-state index < -0.39 is 0 Å². The fourth-order valence-corrected chi connectivity index (χ4v) is 2.14. The van der Waals surface area contributed by atoms with E-state index in [9.17, 15) is 0 Å². The van der Waals surface area contributed by atoms with Gasteiger partial charge in [0.25, 0.3) is 0 Å². The van der Waals surface area contributed by atoms with Gasteiger partial charge < -0.3 is 10.5 Å². The summed E-state index contributed by atoms with van der Waals surface area (Å²) in [4.78, 5) is 0. The van der Waals surface area contributed by atoms with Gasteiger partial charge in [-0.2, -0.15) is 0 Å². The molecule has 0 fully saturated rings. The molecule has 0 saturated heterocycles. The number of nitrogens with two attached hydrogens (primary N) is 1. The molecule has 2 nitrogen and oxygen atoms in total. The summed E-state index contributed by atoms with van der Waals surface area (Å²) in [6.45, 7) is 6.94. The maximum atomic E-state index is 5.92. The quantitative estimate of drug-likeness (QED) is 0.645. The molecule has 0 aliphatic heterocycles.